The highest BCUT2D eigenvalue weighted by atomic mass is 32.1. The molecule has 0 atom stereocenters. The number of thiazole rings is 1. The van der Waals surface area contributed by atoms with Crippen LogP contribution in [-0.2, 0) is 20.1 Å². The molecule has 0 saturated heterocycles. The number of aryl methyl sites for hydroxylation is 2. The Morgan fingerprint density at radius 1 is 1.39 bits per heavy atom. The molecular formula is C11H14N6S. The van der Waals surface area contributed by atoms with Gasteiger partial charge in [0.05, 0.1) is 17.9 Å². The van der Waals surface area contributed by atoms with Crippen molar-refractivity contribution in [1.29, 1.82) is 0 Å². The Morgan fingerprint density at radius 3 is 3.06 bits per heavy atom. The van der Waals surface area contributed by atoms with E-state index in [0.717, 1.165) is 23.0 Å². The van der Waals surface area contributed by atoms with Crippen LogP contribution in [0.2, 0.25) is 0 Å². The van der Waals surface area contributed by atoms with Gasteiger partial charge in [0, 0.05) is 25.2 Å². The smallest absolute Gasteiger partial charge is 0.194 e. The molecule has 3 aromatic heterocycles. The van der Waals surface area contributed by atoms with Gasteiger partial charge < -0.3 is 9.88 Å². The van der Waals surface area contributed by atoms with E-state index in [-0.39, 0.29) is 0 Å². The molecule has 94 valence electrons. The number of hydrogen-bond acceptors (Lipinski definition) is 5. The highest BCUT2D eigenvalue weighted by Gasteiger charge is 2.09. The molecule has 0 aliphatic carbocycles. The highest BCUT2D eigenvalue weighted by Crippen LogP contribution is 2.16. The summed E-state index contributed by atoms with van der Waals surface area (Å²) < 4.78 is 4.04. The number of nitrogens with zero attached hydrogens (tertiary/aromatic N) is 5. The lowest BCUT2D eigenvalue weighted by molar-refractivity contribution is 0.625. The van der Waals surface area contributed by atoms with Gasteiger partial charge in [-0.1, -0.05) is 0 Å². The van der Waals surface area contributed by atoms with Crippen molar-refractivity contribution in [3.8, 4) is 0 Å². The van der Waals surface area contributed by atoms with Gasteiger partial charge in [-0.3, -0.25) is 4.40 Å². The highest BCUT2D eigenvalue weighted by molar-refractivity contribution is 7.15. The summed E-state index contributed by atoms with van der Waals surface area (Å²) in [7, 11) is 1.94. The van der Waals surface area contributed by atoms with Crippen molar-refractivity contribution in [2.24, 2.45) is 7.05 Å². The lowest BCUT2D eigenvalue weighted by Crippen LogP contribution is -2.17. The predicted octanol–water partition coefficient (Wildman–Crippen LogP) is 1.12. The van der Waals surface area contributed by atoms with Crippen molar-refractivity contribution in [3.63, 3.8) is 0 Å². The molecule has 0 radical (unpaired) electrons. The summed E-state index contributed by atoms with van der Waals surface area (Å²) in [4.78, 5) is 5.56. The second kappa shape index (κ2) is 4.51. The Labute approximate surface area is 108 Å². The van der Waals surface area contributed by atoms with Gasteiger partial charge in [0.1, 0.15) is 12.2 Å². The van der Waals surface area contributed by atoms with Crippen molar-refractivity contribution in [2.75, 3.05) is 0 Å². The summed E-state index contributed by atoms with van der Waals surface area (Å²) in [6.45, 7) is 3.52. The molecule has 0 aromatic carbocycles. The largest absolute Gasteiger partial charge is 0.320 e. The van der Waals surface area contributed by atoms with Crippen molar-refractivity contribution in [1.82, 2.24) is 29.5 Å². The second-order valence-electron chi connectivity index (χ2n) is 4.16. The van der Waals surface area contributed by atoms with Gasteiger partial charge in [0.2, 0.25) is 0 Å². The number of imidazole rings is 1. The number of fused-ring (bicyclic) bond motifs is 1. The standard InChI is InChI=1S/C11H14N6S/c1-8-9(17-3-4-18-11(17)14-8)5-12-6-10-15-13-7-16(10)2/h3-4,7,12H,5-6H2,1-2H3. The quantitative estimate of drug-likeness (QED) is 0.765. The molecule has 0 aliphatic rings. The van der Waals surface area contributed by atoms with E-state index in [0.29, 0.717) is 6.54 Å². The average Bonchev–Trinajstić information content (AvgIpc) is 2.99. The molecule has 0 spiro atoms. The van der Waals surface area contributed by atoms with E-state index in [2.05, 4.69) is 31.1 Å². The Hall–Kier alpha value is -1.73. The van der Waals surface area contributed by atoms with E-state index in [1.165, 1.54) is 5.69 Å². The van der Waals surface area contributed by atoms with Gasteiger partial charge in [-0.15, -0.1) is 21.5 Å². The van der Waals surface area contributed by atoms with E-state index in [1.807, 2.05) is 23.9 Å². The predicted molar refractivity (Wildman–Crippen MR) is 69.4 cm³/mol. The zero-order valence-electron chi connectivity index (χ0n) is 10.3. The van der Waals surface area contributed by atoms with Crippen LogP contribution >= 0.6 is 11.3 Å². The Balaban J connectivity index is 1.71. The summed E-state index contributed by atoms with van der Waals surface area (Å²) in [6.07, 6.45) is 3.76. The molecule has 1 N–H and O–H groups in total. The van der Waals surface area contributed by atoms with Crippen LogP contribution in [0.1, 0.15) is 17.2 Å². The van der Waals surface area contributed by atoms with Crippen molar-refractivity contribution >= 4 is 16.3 Å². The number of rotatable bonds is 4. The van der Waals surface area contributed by atoms with E-state index in [1.54, 1.807) is 17.7 Å². The topological polar surface area (TPSA) is 60.0 Å². The monoisotopic (exact) mass is 262 g/mol. The molecule has 3 aromatic rings. The van der Waals surface area contributed by atoms with Crippen LogP contribution in [0.15, 0.2) is 17.9 Å². The summed E-state index contributed by atoms with van der Waals surface area (Å²) in [6, 6.07) is 0. The van der Waals surface area contributed by atoms with Gasteiger partial charge >= 0.3 is 0 Å². The van der Waals surface area contributed by atoms with E-state index in [4.69, 9.17) is 0 Å². The van der Waals surface area contributed by atoms with Crippen LogP contribution < -0.4 is 5.32 Å². The van der Waals surface area contributed by atoms with Gasteiger partial charge in [0.25, 0.3) is 0 Å². The molecule has 18 heavy (non-hydrogen) atoms. The lowest BCUT2D eigenvalue weighted by atomic mass is 10.3. The van der Waals surface area contributed by atoms with Gasteiger partial charge in [0.15, 0.2) is 4.96 Å². The minimum Gasteiger partial charge on any atom is -0.320 e. The van der Waals surface area contributed by atoms with Crippen LogP contribution in [0, 0.1) is 6.92 Å². The SMILES string of the molecule is Cc1nc2sccn2c1CNCc1nncn1C. The van der Waals surface area contributed by atoms with Crippen molar-refractivity contribution in [2.45, 2.75) is 20.0 Å². The van der Waals surface area contributed by atoms with Crippen molar-refractivity contribution < 1.29 is 0 Å². The molecule has 0 unspecified atom stereocenters. The minimum atomic E-state index is 0.702. The molecule has 6 nitrogen and oxygen atoms in total. The molecule has 0 amide bonds. The first-order valence-electron chi connectivity index (χ1n) is 5.70. The molecule has 0 fully saturated rings. The molecule has 0 bridgehead atoms. The summed E-state index contributed by atoms with van der Waals surface area (Å²) >= 11 is 1.65. The van der Waals surface area contributed by atoms with Gasteiger partial charge in [-0.05, 0) is 6.92 Å². The van der Waals surface area contributed by atoms with Crippen LogP contribution in [0.4, 0.5) is 0 Å². The zero-order valence-corrected chi connectivity index (χ0v) is 11.1. The maximum absolute atomic E-state index is 4.51. The number of aromatic nitrogens is 5. The van der Waals surface area contributed by atoms with Crippen LogP contribution in [0.5, 0.6) is 0 Å². The van der Waals surface area contributed by atoms with Crippen LogP contribution in [-0.4, -0.2) is 24.1 Å². The average molecular weight is 262 g/mol. The Morgan fingerprint density at radius 2 is 2.28 bits per heavy atom. The molecule has 7 heteroatoms. The maximum Gasteiger partial charge on any atom is 0.194 e. The zero-order chi connectivity index (χ0) is 12.5. The first kappa shape index (κ1) is 11.4. The molecule has 0 saturated carbocycles. The second-order valence-corrected chi connectivity index (χ2v) is 5.03. The lowest BCUT2D eigenvalue weighted by Gasteiger charge is -2.04. The van der Waals surface area contributed by atoms with E-state index >= 15 is 0 Å². The fraction of sp³-hybridized carbons (Fsp3) is 0.364. The van der Waals surface area contributed by atoms with Gasteiger partial charge in [-0.25, -0.2) is 4.98 Å². The summed E-state index contributed by atoms with van der Waals surface area (Å²) in [5.74, 6) is 0.929. The molecule has 3 heterocycles. The van der Waals surface area contributed by atoms with Gasteiger partial charge in [-0.2, -0.15) is 0 Å². The Bertz CT molecular complexity index is 664. The first-order chi connectivity index (χ1) is 8.75. The van der Waals surface area contributed by atoms with Crippen LogP contribution in [0.3, 0.4) is 0 Å². The fourth-order valence-corrected chi connectivity index (χ4v) is 2.69. The normalized spacial score (nSPS) is 11.4. The number of hydrogen-bond donors (Lipinski definition) is 1. The molecular weight excluding hydrogens is 248 g/mol. The summed E-state index contributed by atoms with van der Waals surface area (Å²) in [5.41, 5.74) is 2.28. The maximum atomic E-state index is 4.51. The minimum absolute atomic E-state index is 0.702. The van der Waals surface area contributed by atoms with Crippen molar-refractivity contribution in [3.05, 3.63) is 35.1 Å². The third-order valence-electron chi connectivity index (χ3n) is 2.94. The first-order valence-corrected chi connectivity index (χ1v) is 6.58. The Kier molecular flexibility index (Phi) is 2.85. The van der Waals surface area contributed by atoms with E-state index < -0.39 is 0 Å². The summed E-state index contributed by atoms with van der Waals surface area (Å²) in [5, 5.41) is 13.3. The third-order valence-corrected chi connectivity index (χ3v) is 3.70. The molecule has 0 aliphatic heterocycles. The third kappa shape index (κ3) is 1.91. The van der Waals surface area contributed by atoms with E-state index in [9.17, 15) is 0 Å². The number of nitrogens with one attached hydrogen (secondary N) is 1. The fourth-order valence-electron chi connectivity index (χ4n) is 1.91. The molecule has 3 rings (SSSR count). The van der Waals surface area contributed by atoms with Crippen LogP contribution in [0.25, 0.3) is 4.96 Å².